The number of hydrogen-bond donors (Lipinski definition) is 0. The highest BCUT2D eigenvalue weighted by Gasteiger charge is 2.20. The zero-order chi connectivity index (χ0) is 14.0. The van der Waals surface area contributed by atoms with Crippen LogP contribution in [0.5, 0.6) is 0 Å². The highest BCUT2D eigenvalue weighted by molar-refractivity contribution is 6.77. The molecule has 0 atom stereocenters. The molecule has 0 bridgehead atoms. The van der Waals surface area contributed by atoms with Crippen LogP contribution < -0.4 is 0 Å². The van der Waals surface area contributed by atoms with Gasteiger partial charge < -0.3 is 9.53 Å². The van der Waals surface area contributed by atoms with E-state index in [1.54, 1.807) is 0 Å². The first-order valence-electron chi connectivity index (χ1n) is 6.70. The van der Waals surface area contributed by atoms with E-state index >= 15 is 0 Å². The average molecular weight is 270 g/mol. The molecule has 4 heteroatoms. The largest absolute Gasteiger partial charge is 0.463 e. The van der Waals surface area contributed by atoms with Crippen molar-refractivity contribution in [2.45, 2.75) is 58.3 Å². The fourth-order valence-corrected chi connectivity index (χ4v) is 3.10. The maximum atomic E-state index is 11.8. The Bertz CT molecular complexity index is 290. The topological polar surface area (TPSA) is 43.4 Å². The number of carbonyl (C=O) groups is 2. The van der Waals surface area contributed by atoms with Gasteiger partial charge in [-0.25, -0.2) is 4.79 Å². The normalized spacial score (nSPS) is 12.3. The lowest BCUT2D eigenvalue weighted by Crippen LogP contribution is -2.23. The van der Waals surface area contributed by atoms with E-state index in [0.29, 0.717) is 13.0 Å². The van der Waals surface area contributed by atoms with Crippen LogP contribution in [0, 0.1) is 0 Å². The second-order valence-electron chi connectivity index (χ2n) is 5.64. The van der Waals surface area contributed by atoms with Gasteiger partial charge in [0.2, 0.25) is 0 Å². The predicted octanol–water partition coefficient (Wildman–Crippen LogP) is 3.57. The zero-order valence-corrected chi connectivity index (χ0v) is 13.1. The smallest absolute Gasteiger partial charge is 0.333 e. The molecule has 0 rings (SSSR count). The van der Waals surface area contributed by atoms with Crippen molar-refractivity contribution in [2.75, 3.05) is 6.61 Å². The van der Waals surface area contributed by atoms with Gasteiger partial charge in [0.1, 0.15) is 6.29 Å². The Morgan fingerprint density at radius 3 is 2.28 bits per heavy atom. The van der Waals surface area contributed by atoms with Crippen LogP contribution in [0.2, 0.25) is 25.7 Å². The second-order valence-corrected chi connectivity index (χ2v) is 11.1. The lowest BCUT2D eigenvalue weighted by molar-refractivity contribution is -0.138. The molecule has 0 fully saturated rings. The number of rotatable bonds is 9. The van der Waals surface area contributed by atoms with Gasteiger partial charge in [0.15, 0.2) is 0 Å². The molecular formula is C14H26O3Si. The number of unbranched alkanes of at least 4 members (excludes halogenated alkanes) is 3. The number of allylic oxidation sites excluding steroid dienone is 1. The summed E-state index contributed by atoms with van der Waals surface area (Å²) >= 11 is 0. The minimum absolute atomic E-state index is 0.171. The van der Waals surface area contributed by atoms with Crippen molar-refractivity contribution in [3.05, 3.63) is 11.6 Å². The molecule has 0 aromatic heterocycles. The van der Waals surface area contributed by atoms with Crippen molar-refractivity contribution in [3.63, 3.8) is 0 Å². The van der Waals surface area contributed by atoms with Gasteiger partial charge in [-0.1, -0.05) is 25.7 Å². The summed E-state index contributed by atoms with van der Waals surface area (Å²) in [4.78, 5) is 22.0. The minimum atomic E-state index is -1.31. The lowest BCUT2D eigenvalue weighted by atomic mass is 10.1. The molecule has 0 aliphatic rings. The highest BCUT2D eigenvalue weighted by atomic mass is 28.3. The number of esters is 1. The van der Waals surface area contributed by atoms with Crippen LogP contribution in [-0.2, 0) is 14.3 Å². The van der Waals surface area contributed by atoms with Crippen LogP contribution in [0.15, 0.2) is 11.6 Å². The van der Waals surface area contributed by atoms with E-state index in [4.69, 9.17) is 4.74 Å². The molecule has 0 aliphatic heterocycles. The quantitative estimate of drug-likeness (QED) is 0.211. The summed E-state index contributed by atoms with van der Waals surface area (Å²) in [6.07, 6.45) is 6.25. The lowest BCUT2D eigenvalue weighted by Gasteiger charge is -2.17. The molecular weight excluding hydrogens is 244 g/mol. The summed E-state index contributed by atoms with van der Waals surface area (Å²) in [7, 11) is -1.31. The van der Waals surface area contributed by atoms with Crippen molar-refractivity contribution < 1.29 is 14.3 Å². The third-order valence-corrected chi connectivity index (χ3v) is 3.87. The summed E-state index contributed by atoms with van der Waals surface area (Å²) < 4.78 is 5.09. The van der Waals surface area contributed by atoms with Crippen LogP contribution in [0.1, 0.15) is 32.6 Å². The van der Waals surface area contributed by atoms with Gasteiger partial charge in [-0.05, 0) is 32.2 Å². The molecule has 104 valence electrons. The highest BCUT2D eigenvalue weighted by Crippen LogP contribution is 2.18. The molecule has 18 heavy (non-hydrogen) atoms. The van der Waals surface area contributed by atoms with E-state index in [9.17, 15) is 9.59 Å². The van der Waals surface area contributed by atoms with Crippen LogP contribution >= 0.6 is 0 Å². The summed E-state index contributed by atoms with van der Waals surface area (Å²) in [5, 5.41) is 0. The monoisotopic (exact) mass is 270 g/mol. The molecule has 0 N–H and O–H groups in total. The third-order valence-electron chi connectivity index (χ3n) is 2.43. The van der Waals surface area contributed by atoms with E-state index in [1.165, 1.54) is 0 Å². The van der Waals surface area contributed by atoms with E-state index in [1.807, 2.05) is 13.0 Å². The molecule has 0 unspecified atom stereocenters. The van der Waals surface area contributed by atoms with Gasteiger partial charge in [0.25, 0.3) is 0 Å². The van der Waals surface area contributed by atoms with Crippen LogP contribution in [0.4, 0.5) is 0 Å². The minimum Gasteiger partial charge on any atom is -0.463 e. The molecule has 0 saturated carbocycles. The van der Waals surface area contributed by atoms with Gasteiger partial charge in [-0.2, -0.15) is 0 Å². The number of aldehydes is 1. The Morgan fingerprint density at radius 2 is 1.78 bits per heavy atom. The van der Waals surface area contributed by atoms with Crippen molar-refractivity contribution in [3.8, 4) is 0 Å². The summed E-state index contributed by atoms with van der Waals surface area (Å²) in [5.74, 6) is -0.171. The maximum Gasteiger partial charge on any atom is 0.333 e. The molecule has 0 spiro atoms. The fraction of sp³-hybridized carbons (Fsp3) is 0.714. The first-order valence-corrected chi connectivity index (χ1v) is 10.4. The Labute approximate surface area is 112 Å². The summed E-state index contributed by atoms with van der Waals surface area (Å²) in [5.41, 5.74) is 0.821. The van der Waals surface area contributed by atoms with Gasteiger partial charge in [0.05, 0.1) is 6.61 Å². The van der Waals surface area contributed by atoms with Crippen LogP contribution in [0.3, 0.4) is 0 Å². The predicted molar refractivity (Wildman–Crippen MR) is 77.4 cm³/mol. The van der Waals surface area contributed by atoms with E-state index in [2.05, 4.69) is 19.6 Å². The molecule has 0 radical (unpaired) electrons. The number of carbonyl (C=O) groups excluding carboxylic acids is 2. The number of hydrogen-bond acceptors (Lipinski definition) is 3. The van der Waals surface area contributed by atoms with E-state index < -0.39 is 8.07 Å². The van der Waals surface area contributed by atoms with Crippen molar-refractivity contribution >= 4 is 20.3 Å². The summed E-state index contributed by atoms with van der Waals surface area (Å²) in [6, 6.07) is 0.861. The third kappa shape index (κ3) is 9.16. The molecule has 0 saturated heterocycles. The van der Waals surface area contributed by atoms with Gasteiger partial charge in [-0.15, -0.1) is 0 Å². The molecule has 0 amide bonds. The molecule has 3 nitrogen and oxygen atoms in total. The first kappa shape index (κ1) is 17.1. The fourth-order valence-electron chi connectivity index (χ4n) is 1.67. The van der Waals surface area contributed by atoms with E-state index in [0.717, 1.165) is 37.2 Å². The summed E-state index contributed by atoms with van der Waals surface area (Å²) in [6.45, 7) is 8.98. The number of ether oxygens (including phenoxy) is 1. The van der Waals surface area contributed by atoms with Gasteiger partial charge >= 0.3 is 5.97 Å². The van der Waals surface area contributed by atoms with Crippen LogP contribution in [0.25, 0.3) is 0 Å². The second kappa shape index (κ2) is 9.08. The van der Waals surface area contributed by atoms with Gasteiger partial charge in [0, 0.05) is 20.1 Å². The van der Waals surface area contributed by atoms with Gasteiger partial charge in [-0.3, -0.25) is 0 Å². The molecule has 0 aliphatic carbocycles. The Balaban J connectivity index is 4.40. The zero-order valence-electron chi connectivity index (χ0n) is 12.1. The van der Waals surface area contributed by atoms with Crippen molar-refractivity contribution in [1.82, 2.24) is 0 Å². The Hall–Kier alpha value is -0.903. The molecule has 0 heterocycles. The Kier molecular flexibility index (Phi) is 8.63. The first-order chi connectivity index (χ1) is 8.40. The maximum absolute atomic E-state index is 11.8. The standard InChI is InChI=1S/C14H26O3Si/c1-5-17-14(16)13(12-18(2,3)4)10-8-6-7-9-11-15/h10-11H,5-9,12H2,1-4H3/b13-10+. The molecule has 0 aromatic rings. The van der Waals surface area contributed by atoms with Crippen molar-refractivity contribution in [2.24, 2.45) is 0 Å². The molecule has 0 aromatic carbocycles. The van der Waals surface area contributed by atoms with E-state index in [-0.39, 0.29) is 5.97 Å². The van der Waals surface area contributed by atoms with Crippen molar-refractivity contribution in [1.29, 1.82) is 0 Å². The SMILES string of the molecule is CCOC(=O)/C(=C/CCCCC=O)C[Si](C)(C)C. The Morgan fingerprint density at radius 1 is 1.17 bits per heavy atom. The average Bonchev–Trinajstić information content (AvgIpc) is 2.26. The van der Waals surface area contributed by atoms with Crippen LogP contribution in [-0.4, -0.2) is 26.9 Å².